The molecule has 0 saturated carbocycles. The second-order valence-corrected chi connectivity index (χ2v) is 18.5. The van der Waals surface area contributed by atoms with Crippen molar-refractivity contribution in [1.82, 2.24) is 14.2 Å². The summed E-state index contributed by atoms with van der Waals surface area (Å²) in [5.41, 5.74) is -0.357. The van der Waals surface area contributed by atoms with E-state index in [1.807, 2.05) is 107 Å². The van der Waals surface area contributed by atoms with Gasteiger partial charge in [-0.3, -0.25) is 14.3 Å². The molecule has 12 nitrogen and oxygen atoms in total. The predicted octanol–water partition coefficient (Wildman–Crippen LogP) is 7.88. The monoisotopic (exact) mass is 869 g/mol. The molecule has 3 aromatic carbocycles. The molecule has 7 atom stereocenters. The van der Waals surface area contributed by atoms with Crippen molar-refractivity contribution < 1.29 is 37.1 Å². The molecule has 318 valence electrons. The van der Waals surface area contributed by atoms with E-state index in [1.165, 1.54) is 6.20 Å². The standard InChI is InChI=1S/C43H53FN3O9PS2/c1-8-24-52-36-26-58-59-27-37(36)55-57(47(28(2)3)29(4)5)56-40-35(54-41(39(40)44)46-23-22-38(48)45-42(46)49)25-53-43(30-12-10-9-11-13-30,31-14-18-33(50-6)19-15-31)32-16-20-34(51-7)21-17-32/h8-23,28-29,35-37,39-41H,1,24-27H2,2-7H3,(H,45,48,49)/t35-,36-,37+,39-,40?,41-,57?/m1/s1. The number of aromatic amines is 1. The highest BCUT2D eigenvalue weighted by Gasteiger charge is 2.52. The summed E-state index contributed by atoms with van der Waals surface area (Å²) in [6, 6.07) is 26.0. The molecule has 6 rings (SSSR count). The molecule has 1 N–H and O–H groups in total. The van der Waals surface area contributed by atoms with Crippen molar-refractivity contribution in [2.75, 3.05) is 38.9 Å². The summed E-state index contributed by atoms with van der Waals surface area (Å²) in [5.74, 6) is 2.64. The van der Waals surface area contributed by atoms with Crippen LogP contribution in [0.1, 0.15) is 50.6 Å². The molecule has 3 heterocycles. The highest BCUT2D eigenvalue weighted by Crippen LogP contribution is 2.53. The molecule has 0 bridgehead atoms. The van der Waals surface area contributed by atoms with Crippen molar-refractivity contribution in [2.45, 2.75) is 82.2 Å². The van der Waals surface area contributed by atoms with Crippen LogP contribution in [0.3, 0.4) is 0 Å². The van der Waals surface area contributed by atoms with Crippen molar-refractivity contribution >= 4 is 30.1 Å². The highest BCUT2D eigenvalue weighted by atomic mass is 33.1. The van der Waals surface area contributed by atoms with Gasteiger partial charge in [-0.15, -0.1) is 6.58 Å². The first kappa shape index (κ1) is 45.0. The maximum atomic E-state index is 17.4. The molecular formula is C43H53FN3O9PS2. The van der Waals surface area contributed by atoms with Crippen molar-refractivity contribution in [3.8, 4) is 11.5 Å². The van der Waals surface area contributed by atoms with Crippen molar-refractivity contribution in [3.05, 3.63) is 141 Å². The summed E-state index contributed by atoms with van der Waals surface area (Å²) in [4.78, 5) is 27.5. The fourth-order valence-electron chi connectivity index (χ4n) is 7.30. The quantitative estimate of drug-likeness (QED) is 0.0427. The van der Waals surface area contributed by atoms with E-state index in [1.54, 1.807) is 41.9 Å². The Hall–Kier alpha value is -3.50. The number of aromatic nitrogens is 2. The molecule has 16 heteroatoms. The molecule has 2 aliphatic rings. The van der Waals surface area contributed by atoms with E-state index in [9.17, 15) is 9.59 Å². The predicted molar refractivity (Wildman–Crippen MR) is 232 cm³/mol. The van der Waals surface area contributed by atoms with Crippen LogP contribution in [0, 0.1) is 0 Å². The number of nitrogens with one attached hydrogen (secondary N) is 1. The van der Waals surface area contributed by atoms with Gasteiger partial charge >= 0.3 is 5.69 Å². The number of alkyl halides is 1. The zero-order valence-corrected chi connectivity index (χ0v) is 36.6. The minimum absolute atomic E-state index is 0.0529. The molecule has 2 saturated heterocycles. The number of hydrogen-bond acceptors (Lipinski definition) is 12. The van der Waals surface area contributed by atoms with Crippen molar-refractivity contribution in [2.24, 2.45) is 0 Å². The summed E-state index contributed by atoms with van der Waals surface area (Å²) < 4.78 is 65.2. The Morgan fingerprint density at radius 1 is 0.881 bits per heavy atom. The Labute approximate surface area is 354 Å². The van der Waals surface area contributed by atoms with Crippen LogP contribution in [0.2, 0.25) is 0 Å². The van der Waals surface area contributed by atoms with Gasteiger partial charge in [0.05, 0.1) is 33.5 Å². The second-order valence-electron chi connectivity index (χ2n) is 14.6. The van der Waals surface area contributed by atoms with Crippen LogP contribution in [-0.2, 0) is 28.9 Å². The number of H-pyrrole nitrogens is 1. The zero-order valence-electron chi connectivity index (χ0n) is 34.1. The van der Waals surface area contributed by atoms with E-state index < -0.39 is 50.0 Å². The Morgan fingerprint density at radius 2 is 1.46 bits per heavy atom. The number of nitrogens with zero attached hydrogens (tertiary/aromatic N) is 2. The average molecular weight is 870 g/mol. The molecule has 2 aliphatic heterocycles. The van der Waals surface area contributed by atoms with E-state index in [0.29, 0.717) is 29.6 Å². The van der Waals surface area contributed by atoms with Gasteiger partial charge in [-0.2, -0.15) is 0 Å². The summed E-state index contributed by atoms with van der Waals surface area (Å²) in [6.07, 6.45) is -3.39. The molecule has 0 aliphatic carbocycles. The Morgan fingerprint density at radius 3 is 2.00 bits per heavy atom. The highest BCUT2D eigenvalue weighted by molar-refractivity contribution is 8.76. The summed E-state index contributed by atoms with van der Waals surface area (Å²) in [5, 5.41) is 0. The molecule has 2 unspecified atom stereocenters. The Balaban J connectivity index is 1.44. The lowest BCUT2D eigenvalue weighted by Gasteiger charge is -2.41. The third-order valence-electron chi connectivity index (χ3n) is 10.1. The largest absolute Gasteiger partial charge is 0.497 e. The van der Waals surface area contributed by atoms with E-state index in [-0.39, 0.29) is 30.9 Å². The average Bonchev–Trinajstić information content (AvgIpc) is 3.54. The fourth-order valence-corrected chi connectivity index (χ4v) is 11.8. The minimum atomic E-state index is -1.96. The summed E-state index contributed by atoms with van der Waals surface area (Å²) in [7, 11) is 4.64. The molecule has 0 spiro atoms. The zero-order chi connectivity index (χ0) is 42.1. The van der Waals surface area contributed by atoms with Crippen LogP contribution in [-0.4, -0.2) is 95.8 Å². The maximum absolute atomic E-state index is 17.4. The van der Waals surface area contributed by atoms with Crippen LogP contribution in [0.5, 0.6) is 11.5 Å². The third kappa shape index (κ3) is 10.3. The lowest BCUT2D eigenvalue weighted by molar-refractivity contribution is -0.0942. The van der Waals surface area contributed by atoms with Crippen LogP contribution < -0.4 is 20.7 Å². The molecule has 0 radical (unpaired) electrons. The number of ether oxygens (including phenoxy) is 5. The Kier molecular flexibility index (Phi) is 15.9. The normalized spacial score (nSPS) is 22.8. The lowest BCUT2D eigenvalue weighted by Crippen LogP contribution is -2.43. The first-order chi connectivity index (χ1) is 28.5. The van der Waals surface area contributed by atoms with Crippen LogP contribution in [0.25, 0.3) is 0 Å². The lowest BCUT2D eigenvalue weighted by atomic mass is 9.80. The number of methoxy groups -OCH3 is 2. The number of benzene rings is 3. The second kappa shape index (κ2) is 20.8. The SMILES string of the molecule is C=CCO[C@@H]1CSSC[C@@H]1OP(OC1[C@@H](F)[C@H](n2ccc(=O)[nH]c2=O)O[C@@H]1COC(c1ccccc1)(c1ccc(OC)cc1)c1ccc(OC)cc1)N(C(C)C)C(C)C. The number of hydrogen-bond donors (Lipinski definition) is 1. The van der Waals surface area contributed by atoms with E-state index in [4.69, 9.17) is 32.7 Å². The van der Waals surface area contributed by atoms with E-state index >= 15 is 4.39 Å². The van der Waals surface area contributed by atoms with Gasteiger partial charge in [-0.1, -0.05) is 82.3 Å². The molecule has 59 heavy (non-hydrogen) atoms. The van der Waals surface area contributed by atoms with Crippen molar-refractivity contribution in [1.29, 1.82) is 0 Å². The van der Waals surface area contributed by atoms with E-state index in [2.05, 4.69) is 16.2 Å². The maximum Gasteiger partial charge on any atom is 0.330 e. The molecule has 2 fully saturated rings. The minimum Gasteiger partial charge on any atom is -0.497 e. The number of halogens is 1. The van der Waals surface area contributed by atoms with Gasteiger partial charge in [0.2, 0.25) is 0 Å². The fraction of sp³-hybridized carbons (Fsp3) is 0.442. The van der Waals surface area contributed by atoms with Gasteiger partial charge in [0.1, 0.15) is 35.4 Å². The first-order valence-corrected chi connectivity index (χ1v) is 23.1. The van der Waals surface area contributed by atoms with Crippen LogP contribution in [0.15, 0.2) is 113 Å². The number of rotatable bonds is 19. The van der Waals surface area contributed by atoms with Gasteiger partial charge in [-0.05, 0) is 68.7 Å². The van der Waals surface area contributed by atoms with Gasteiger partial charge in [0, 0.05) is 35.9 Å². The topological polar surface area (TPSA) is 123 Å². The summed E-state index contributed by atoms with van der Waals surface area (Å²) in [6.45, 7) is 12.1. The molecule has 0 amide bonds. The molecule has 4 aromatic rings. The van der Waals surface area contributed by atoms with Gasteiger partial charge < -0.3 is 32.7 Å². The van der Waals surface area contributed by atoms with E-state index in [0.717, 1.165) is 27.3 Å². The molecular weight excluding hydrogens is 817 g/mol. The van der Waals surface area contributed by atoms with Crippen LogP contribution in [0.4, 0.5) is 4.39 Å². The van der Waals surface area contributed by atoms with Gasteiger partial charge in [-0.25, -0.2) is 13.9 Å². The van der Waals surface area contributed by atoms with Gasteiger partial charge in [0.25, 0.3) is 14.1 Å². The van der Waals surface area contributed by atoms with Gasteiger partial charge in [0.15, 0.2) is 12.4 Å². The summed E-state index contributed by atoms with van der Waals surface area (Å²) >= 11 is 0. The first-order valence-electron chi connectivity index (χ1n) is 19.5. The van der Waals surface area contributed by atoms with Crippen molar-refractivity contribution in [3.63, 3.8) is 0 Å². The smallest absolute Gasteiger partial charge is 0.330 e. The van der Waals surface area contributed by atoms with Crippen LogP contribution >= 0.6 is 30.1 Å². The molecule has 1 aromatic heterocycles. The third-order valence-corrected chi connectivity index (χ3v) is 14.7. The Bertz CT molecular complexity index is 2000.